The SMILES string of the molecule is C/C(=C\C(C)(C)C)c1ccc(C(=O)Nc2cc(C)ccn2)cc1.C/C(=C\C(C)(C)C)c1ccc(C(=O)Nc2ccc(C(F)(F)F)cn2)cc1.C/C(=C\C(C)(C)C)c1ccc(C(=O)Nc2ccncn2)cc1.CCC/C=C/c1ccc(C(=O)Nc2ccc(Cl)nc2)cc1.CCC/C=C/c1ccc(C(=O)Nc2ccc(OC)nc2)cc1.CCC/C=C/c1ccc(C(=O)Nc2ccnc(C)c2)cc1. The van der Waals surface area contributed by atoms with Crippen molar-refractivity contribution in [2.75, 3.05) is 39.0 Å². The van der Waals surface area contributed by atoms with Crippen molar-refractivity contribution in [3.8, 4) is 5.88 Å². The van der Waals surface area contributed by atoms with Gasteiger partial charge >= 0.3 is 6.18 Å². The molecule has 6 aromatic carbocycles. The van der Waals surface area contributed by atoms with Gasteiger partial charge in [-0.25, -0.2) is 29.9 Å². The molecule has 0 bridgehead atoms. The largest absolute Gasteiger partial charge is 0.481 e. The molecule has 702 valence electrons. The topological polar surface area (TPSA) is 274 Å². The Kier molecular flexibility index (Phi) is 42.7. The summed E-state index contributed by atoms with van der Waals surface area (Å²) >= 11 is 5.70. The summed E-state index contributed by atoms with van der Waals surface area (Å²) in [6.07, 6.45) is 31.5. The van der Waals surface area contributed by atoms with E-state index in [1.165, 1.54) is 23.7 Å². The van der Waals surface area contributed by atoms with Gasteiger partial charge in [0.2, 0.25) is 5.88 Å². The Morgan fingerprint density at radius 3 is 1.03 bits per heavy atom. The van der Waals surface area contributed by atoms with E-state index in [0.29, 0.717) is 73.6 Å². The third kappa shape index (κ3) is 40.5. The standard InChI is InChI=1S/C20H21F3N2O.C20H24N2O.C18H21N3O.C18H20N2O2.C18H20N2O.C17H17ClN2O/c1-13(11-19(2,3)4)14-5-7-15(8-6-14)18(26)25-17-10-9-16(12-24-17)20(21,22)23;1-14-10-11-21-18(12-14)22-19(23)17-8-6-16(7-9-17)15(2)13-20(3,4)5;1-13(11-18(2,3)4)14-5-7-15(8-6-14)17(22)21-16-9-10-19-12-20-16;1-3-4-5-6-14-7-9-15(10-8-14)18(21)20-16-11-12-17(22-2)19-13-16;1-3-4-5-6-15-7-9-16(10-8-15)18(21)20-17-11-12-19-14(2)13-17;1-2-3-4-5-13-6-8-14(9-7-13)17(21)20-15-10-11-16(18)19-12-15/h5-12H,1-4H3,(H,24,25,26);6-13H,1-5H3,(H,21,22,23);5-12H,1-4H3,(H,19,20,21,22);5-13H,3-4H2,1-2H3,(H,20,21);5-13H,3-4H2,1-2H3,(H,19,20,21);4-12H,2-3H2,1H3,(H,20,21)/b13-11+;15-13+;13-11+;2*6-5+;5-4+. The molecule has 0 atom stereocenters. The van der Waals surface area contributed by atoms with Crippen molar-refractivity contribution in [1.82, 2.24) is 34.9 Å². The number of unbranched alkanes of at least 4 members (excludes halogenated alkanes) is 3. The van der Waals surface area contributed by atoms with E-state index < -0.39 is 17.6 Å². The number of amides is 6. The van der Waals surface area contributed by atoms with Crippen LogP contribution in [0.25, 0.3) is 34.9 Å². The van der Waals surface area contributed by atoms with E-state index in [0.717, 1.165) is 107 Å². The molecule has 6 heterocycles. The molecular weight excluding hydrogens is 1720 g/mol. The van der Waals surface area contributed by atoms with Crippen LogP contribution in [-0.4, -0.2) is 77.4 Å². The van der Waals surface area contributed by atoms with Gasteiger partial charge < -0.3 is 36.6 Å². The van der Waals surface area contributed by atoms with E-state index >= 15 is 0 Å². The molecule has 24 heteroatoms. The van der Waals surface area contributed by atoms with Crippen LogP contribution in [0.2, 0.25) is 5.15 Å². The van der Waals surface area contributed by atoms with Crippen molar-refractivity contribution in [3.63, 3.8) is 0 Å². The molecule has 0 aliphatic heterocycles. The second-order valence-corrected chi connectivity index (χ2v) is 35.3. The van der Waals surface area contributed by atoms with E-state index in [4.69, 9.17) is 16.3 Å². The van der Waals surface area contributed by atoms with Gasteiger partial charge in [-0.15, -0.1) is 0 Å². The number of allylic oxidation sites excluding steroid dienone is 9. The molecule has 0 unspecified atom stereocenters. The number of alkyl halides is 3. The zero-order chi connectivity index (χ0) is 98.7. The van der Waals surface area contributed by atoms with Crippen LogP contribution in [0.1, 0.15) is 255 Å². The lowest BCUT2D eigenvalue weighted by Gasteiger charge is -2.14. The normalized spacial score (nSPS) is 11.6. The summed E-state index contributed by atoms with van der Waals surface area (Å²) < 4.78 is 42.5. The van der Waals surface area contributed by atoms with Crippen LogP contribution in [-0.2, 0) is 6.18 Å². The molecule has 0 radical (unpaired) electrons. The lowest BCUT2D eigenvalue weighted by atomic mass is 9.91. The van der Waals surface area contributed by atoms with Gasteiger partial charge in [0.1, 0.15) is 28.9 Å². The predicted octanol–water partition coefficient (Wildman–Crippen LogP) is 28.5. The molecule has 0 spiro atoms. The fraction of sp³-hybridized carbons (Fsp3) is 0.252. The fourth-order valence-corrected chi connectivity index (χ4v) is 12.8. The minimum atomic E-state index is -4.45. The van der Waals surface area contributed by atoms with Crippen molar-refractivity contribution >= 4 is 117 Å². The van der Waals surface area contributed by atoms with Gasteiger partial charge in [0.15, 0.2) is 0 Å². The number of methoxy groups -OCH3 is 1. The minimum Gasteiger partial charge on any atom is -0.481 e. The Morgan fingerprint density at radius 2 is 0.711 bits per heavy atom. The minimum absolute atomic E-state index is 0.0500. The van der Waals surface area contributed by atoms with Crippen LogP contribution in [0.4, 0.5) is 47.7 Å². The number of aryl methyl sites for hydroxylation is 2. The Hall–Kier alpha value is -14.7. The average Bonchev–Trinajstić information content (AvgIpc) is 0.827. The number of halogens is 4. The summed E-state index contributed by atoms with van der Waals surface area (Å²) in [5.74, 6) is 0.466. The van der Waals surface area contributed by atoms with E-state index in [2.05, 4.69) is 218 Å². The number of anilines is 6. The second-order valence-electron chi connectivity index (χ2n) is 34.9. The molecule has 0 aliphatic carbocycles. The van der Waals surface area contributed by atoms with E-state index in [1.807, 2.05) is 172 Å². The first-order valence-electron chi connectivity index (χ1n) is 44.5. The molecule has 0 fully saturated rings. The molecule has 0 aliphatic rings. The maximum atomic E-state index is 12.5. The van der Waals surface area contributed by atoms with Gasteiger partial charge in [0, 0.05) is 75.6 Å². The molecule has 12 aromatic rings. The van der Waals surface area contributed by atoms with Crippen LogP contribution in [0, 0.1) is 30.1 Å². The van der Waals surface area contributed by atoms with E-state index in [1.54, 1.807) is 80.4 Å². The highest BCUT2D eigenvalue weighted by Crippen LogP contribution is 2.31. The molecule has 0 saturated carbocycles. The molecule has 135 heavy (non-hydrogen) atoms. The predicted molar refractivity (Wildman–Crippen MR) is 547 cm³/mol. The zero-order valence-corrected chi connectivity index (χ0v) is 80.9. The van der Waals surface area contributed by atoms with Crippen molar-refractivity contribution < 1.29 is 46.7 Å². The molecule has 6 N–H and O–H groups in total. The molecule has 12 rings (SSSR count). The van der Waals surface area contributed by atoms with Gasteiger partial charge in [-0.2, -0.15) is 13.2 Å². The Labute approximate surface area is 797 Å². The first kappa shape index (κ1) is 107. The van der Waals surface area contributed by atoms with Crippen LogP contribution < -0.4 is 36.6 Å². The number of hydrogen-bond acceptors (Lipinski definition) is 14. The Balaban J connectivity index is 0.000000221. The first-order chi connectivity index (χ1) is 64.1. The number of aromatic nitrogens is 7. The highest BCUT2D eigenvalue weighted by atomic mass is 35.5. The monoisotopic (exact) mass is 1840 g/mol. The van der Waals surface area contributed by atoms with Crippen molar-refractivity contribution in [3.05, 3.63) is 381 Å². The first-order valence-corrected chi connectivity index (χ1v) is 44.9. The lowest BCUT2D eigenvalue weighted by molar-refractivity contribution is -0.137. The van der Waals surface area contributed by atoms with Crippen molar-refractivity contribution in [1.29, 1.82) is 0 Å². The maximum absolute atomic E-state index is 12.5. The number of pyridine rings is 5. The number of carbonyl (C=O) groups excluding carboxylic acids is 6. The number of nitrogens with one attached hydrogen (secondary N) is 6. The number of rotatable bonds is 25. The van der Waals surface area contributed by atoms with Crippen LogP contribution in [0.15, 0.2) is 292 Å². The van der Waals surface area contributed by atoms with Crippen LogP contribution in [0.3, 0.4) is 0 Å². The molecule has 6 aromatic heterocycles. The van der Waals surface area contributed by atoms with Gasteiger partial charge in [-0.05, 0) is 259 Å². The summed E-state index contributed by atoms with van der Waals surface area (Å²) in [5.41, 5.74) is 17.0. The summed E-state index contributed by atoms with van der Waals surface area (Å²) in [6.45, 7) is 35.8. The Morgan fingerprint density at radius 1 is 0.356 bits per heavy atom. The smallest absolute Gasteiger partial charge is 0.417 e. The van der Waals surface area contributed by atoms with Crippen molar-refractivity contribution in [2.24, 2.45) is 16.2 Å². The zero-order valence-electron chi connectivity index (χ0n) is 80.2. The molecule has 6 amide bonds. The summed E-state index contributed by atoms with van der Waals surface area (Å²) in [6, 6.07) is 62.7. The van der Waals surface area contributed by atoms with Gasteiger partial charge in [0.05, 0.1) is 36.4 Å². The number of ether oxygens (including phenoxy) is 1. The molecular formula is C111H123ClF3N13O7. The van der Waals surface area contributed by atoms with E-state index in [9.17, 15) is 41.9 Å². The number of nitrogens with zero attached hydrogens (tertiary/aromatic N) is 7. The highest BCUT2D eigenvalue weighted by molar-refractivity contribution is 6.29. The second kappa shape index (κ2) is 53.7. The molecule has 0 saturated heterocycles. The number of carbonyl (C=O) groups is 6. The Bertz CT molecular complexity index is 5990. The average molecular weight is 1840 g/mol. The van der Waals surface area contributed by atoms with Crippen LogP contribution in [0.5, 0.6) is 5.88 Å². The summed E-state index contributed by atoms with van der Waals surface area (Å²) in [5, 5.41) is 16.9. The molecule has 20 nitrogen and oxygen atoms in total. The lowest BCUT2D eigenvalue weighted by Crippen LogP contribution is -2.13. The van der Waals surface area contributed by atoms with Gasteiger partial charge in [0.25, 0.3) is 35.4 Å². The highest BCUT2D eigenvalue weighted by Gasteiger charge is 2.31. The van der Waals surface area contributed by atoms with Gasteiger partial charge in [-0.1, -0.05) is 241 Å². The third-order valence-electron chi connectivity index (χ3n) is 19.2. The quantitative estimate of drug-likeness (QED) is 0.0291. The number of hydrogen-bond donors (Lipinski definition) is 6. The summed E-state index contributed by atoms with van der Waals surface area (Å²) in [4.78, 5) is 101. The third-order valence-corrected chi connectivity index (χ3v) is 19.5. The van der Waals surface area contributed by atoms with E-state index in [-0.39, 0.29) is 51.6 Å². The summed E-state index contributed by atoms with van der Waals surface area (Å²) in [7, 11) is 1.55. The van der Waals surface area contributed by atoms with Gasteiger partial charge in [-0.3, -0.25) is 33.8 Å². The maximum Gasteiger partial charge on any atom is 0.417 e. The van der Waals surface area contributed by atoms with Crippen molar-refractivity contribution in [2.45, 2.75) is 162 Å². The van der Waals surface area contributed by atoms with Crippen LogP contribution >= 0.6 is 11.6 Å². The number of benzene rings is 6. The fourth-order valence-electron chi connectivity index (χ4n) is 12.7.